The summed E-state index contributed by atoms with van der Waals surface area (Å²) >= 11 is 7.37. The minimum atomic E-state index is -0.463. The van der Waals surface area contributed by atoms with Gasteiger partial charge in [0.2, 0.25) is 5.91 Å². The molecule has 0 saturated carbocycles. The third kappa shape index (κ3) is 6.21. The molecule has 0 atom stereocenters. The Hall–Kier alpha value is -2.38. The molecule has 1 amide bonds. The van der Waals surface area contributed by atoms with Crippen molar-refractivity contribution in [2.75, 3.05) is 5.75 Å². The van der Waals surface area contributed by atoms with E-state index in [1.807, 2.05) is 18.2 Å². The zero-order valence-corrected chi connectivity index (χ0v) is 15.0. The average Bonchev–Trinajstić information content (AvgIpc) is 2.60. The van der Waals surface area contributed by atoms with Gasteiger partial charge in [-0.1, -0.05) is 23.7 Å². The number of carbonyl (C=O) groups excluding carboxylic acids is 1. The Morgan fingerprint density at radius 3 is 2.64 bits per heavy atom. The minimum absolute atomic E-state index is 0.0120. The van der Waals surface area contributed by atoms with Crippen LogP contribution in [0.5, 0.6) is 0 Å². The number of hydrogen-bond donors (Lipinski definition) is 1. The molecule has 0 saturated heterocycles. The quantitative estimate of drug-likeness (QED) is 0.448. The molecule has 2 rings (SSSR count). The number of amides is 1. The molecular weight excluding hydrogens is 362 g/mol. The summed E-state index contributed by atoms with van der Waals surface area (Å²) < 4.78 is 0. The van der Waals surface area contributed by atoms with Gasteiger partial charge < -0.3 is 0 Å². The fraction of sp³-hybridized carbons (Fsp3) is 0.176. The van der Waals surface area contributed by atoms with E-state index in [0.717, 1.165) is 5.56 Å². The van der Waals surface area contributed by atoms with Crippen LogP contribution in [-0.4, -0.2) is 22.3 Å². The molecule has 8 heteroatoms. The highest BCUT2D eigenvalue weighted by atomic mass is 35.5. The summed E-state index contributed by atoms with van der Waals surface area (Å²) in [6.45, 7) is 1.72. The molecule has 0 radical (unpaired) electrons. The lowest BCUT2D eigenvalue weighted by molar-refractivity contribution is -0.384. The third-order valence-corrected chi connectivity index (χ3v) is 4.47. The second-order valence-electron chi connectivity index (χ2n) is 5.16. The summed E-state index contributed by atoms with van der Waals surface area (Å²) in [7, 11) is 0. The molecule has 0 heterocycles. The van der Waals surface area contributed by atoms with E-state index in [-0.39, 0.29) is 17.3 Å². The number of hydrogen-bond acceptors (Lipinski definition) is 5. The van der Waals surface area contributed by atoms with Crippen molar-refractivity contribution in [3.63, 3.8) is 0 Å². The fourth-order valence-electron chi connectivity index (χ4n) is 1.96. The maximum Gasteiger partial charge on any atom is 0.269 e. The van der Waals surface area contributed by atoms with Crippen LogP contribution >= 0.6 is 23.4 Å². The summed E-state index contributed by atoms with van der Waals surface area (Å²) in [5.74, 6) is 0.732. The first-order valence-electron chi connectivity index (χ1n) is 7.36. The third-order valence-electron chi connectivity index (χ3n) is 3.24. The Balaban J connectivity index is 1.81. The van der Waals surface area contributed by atoms with Gasteiger partial charge in [-0.15, -0.1) is 11.8 Å². The maximum absolute atomic E-state index is 11.8. The van der Waals surface area contributed by atoms with Crippen LogP contribution in [0.4, 0.5) is 5.69 Å². The van der Waals surface area contributed by atoms with Crippen LogP contribution in [0.15, 0.2) is 53.6 Å². The van der Waals surface area contributed by atoms with E-state index >= 15 is 0 Å². The number of nitrogens with one attached hydrogen (secondary N) is 1. The van der Waals surface area contributed by atoms with Gasteiger partial charge >= 0.3 is 0 Å². The molecule has 2 aromatic carbocycles. The van der Waals surface area contributed by atoms with Gasteiger partial charge in [0, 0.05) is 22.9 Å². The summed E-state index contributed by atoms with van der Waals surface area (Å²) in [4.78, 5) is 22.0. The Kier molecular flexibility index (Phi) is 6.97. The van der Waals surface area contributed by atoms with Crippen LogP contribution in [0.3, 0.4) is 0 Å². The molecular formula is C17H16ClN3O3S. The van der Waals surface area contributed by atoms with Crippen LogP contribution in [0.2, 0.25) is 5.02 Å². The Bertz CT molecular complexity index is 794. The summed E-state index contributed by atoms with van der Waals surface area (Å²) in [6, 6.07) is 13.5. The molecule has 2 aromatic rings. The summed E-state index contributed by atoms with van der Waals surface area (Å²) in [5, 5.41) is 15.3. The molecule has 0 aliphatic rings. The van der Waals surface area contributed by atoms with Gasteiger partial charge in [-0.05, 0) is 42.3 Å². The monoisotopic (exact) mass is 377 g/mol. The van der Waals surface area contributed by atoms with Crippen LogP contribution in [0, 0.1) is 10.1 Å². The molecule has 0 spiro atoms. The van der Waals surface area contributed by atoms with Crippen molar-refractivity contribution in [1.29, 1.82) is 0 Å². The predicted molar refractivity (Wildman–Crippen MR) is 101 cm³/mol. The van der Waals surface area contributed by atoms with Gasteiger partial charge in [0.25, 0.3) is 5.69 Å². The number of nitro benzene ring substituents is 1. The molecule has 1 N–H and O–H groups in total. The molecule has 0 aliphatic heterocycles. The van der Waals surface area contributed by atoms with E-state index in [0.29, 0.717) is 22.1 Å². The van der Waals surface area contributed by atoms with Crippen LogP contribution in [0.25, 0.3) is 0 Å². The predicted octanol–water partition coefficient (Wildman–Crippen LogP) is 4.02. The zero-order valence-electron chi connectivity index (χ0n) is 13.4. The highest BCUT2D eigenvalue weighted by Gasteiger charge is 2.06. The smallest absolute Gasteiger partial charge is 0.269 e. The van der Waals surface area contributed by atoms with Crippen molar-refractivity contribution in [2.24, 2.45) is 5.10 Å². The largest absolute Gasteiger partial charge is 0.272 e. The number of nitrogens with zero attached hydrogens (tertiary/aromatic N) is 2. The minimum Gasteiger partial charge on any atom is -0.272 e. The van der Waals surface area contributed by atoms with Crippen molar-refractivity contribution >= 4 is 40.7 Å². The van der Waals surface area contributed by atoms with Gasteiger partial charge in [0.15, 0.2) is 0 Å². The number of nitro groups is 1. The zero-order chi connectivity index (χ0) is 18.2. The van der Waals surface area contributed by atoms with E-state index < -0.39 is 4.92 Å². The molecule has 0 unspecified atom stereocenters. The van der Waals surface area contributed by atoms with E-state index in [2.05, 4.69) is 10.5 Å². The number of rotatable bonds is 7. The molecule has 0 aliphatic carbocycles. The highest BCUT2D eigenvalue weighted by molar-refractivity contribution is 7.99. The normalized spacial score (nSPS) is 11.2. The first-order chi connectivity index (χ1) is 12.0. The molecule has 130 valence electrons. The lowest BCUT2D eigenvalue weighted by Crippen LogP contribution is -2.21. The van der Waals surface area contributed by atoms with Crippen molar-refractivity contribution in [3.8, 4) is 0 Å². The van der Waals surface area contributed by atoms with Crippen LogP contribution < -0.4 is 5.43 Å². The number of halogens is 1. The number of hydrazone groups is 1. The lowest BCUT2D eigenvalue weighted by atomic mass is 10.1. The Labute approximate surface area is 154 Å². The SMILES string of the molecule is C/C(=N/NC(=O)CSCc1cccc(Cl)c1)c1ccc([N+](=O)[O-])cc1. The van der Waals surface area contributed by atoms with E-state index in [9.17, 15) is 14.9 Å². The molecule has 25 heavy (non-hydrogen) atoms. The van der Waals surface area contributed by atoms with Crippen molar-refractivity contribution in [2.45, 2.75) is 12.7 Å². The van der Waals surface area contributed by atoms with Gasteiger partial charge in [-0.2, -0.15) is 5.10 Å². The van der Waals surface area contributed by atoms with Gasteiger partial charge in [0.1, 0.15) is 0 Å². The van der Waals surface area contributed by atoms with E-state index in [1.165, 1.54) is 23.9 Å². The first-order valence-corrected chi connectivity index (χ1v) is 8.89. The second kappa shape index (κ2) is 9.19. The van der Waals surface area contributed by atoms with Crippen LogP contribution in [-0.2, 0) is 10.5 Å². The topological polar surface area (TPSA) is 84.6 Å². The van der Waals surface area contributed by atoms with Gasteiger partial charge in [-0.3, -0.25) is 14.9 Å². The van der Waals surface area contributed by atoms with E-state index in [1.54, 1.807) is 25.1 Å². The van der Waals surface area contributed by atoms with Crippen molar-refractivity contribution in [1.82, 2.24) is 5.43 Å². The summed E-state index contributed by atoms with van der Waals surface area (Å²) in [6.07, 6.45) is 0. The summed E-state index contributed by atoms with van der Waals surface area (Å²) in [5.41, 5.74) is 4.83. The van der Waals surface area contributed by atoms with Crippen molar-refractivity contribution in [3.05, 3.63) is 74.8 Å². The molecule has 6 nitrogen and oxygen atoms in total. The number of carbonyl (C=O) groups is 1. The maximum atomic E-state index is 11.8. The van der Waals surface area contributed by atoms with Crippen LogP contribution in [0.1, 0.15) is 18.1 Å². The first kappa shape index (κ1) is 19.0. The van der Waals surface area contributed by atoms with E-state index in [4.69, 9.17) is 11.6 Å². The highest BCUT2D eigenvalue weighted by Crippen LogP contribution is 2.16. The average molecular weight is 378 g/mol. The number of thioether (sulfide) groups is 1. The van der Waals surface area contributed by atoms with Gasteiger partial charge in [0.05, 0.1) is 16.4 Å². The second-order valence-corrected chi connectivity index (χ2v) is 6.58. The number of non-ortho nitro benzene ring substituents is 1. The van der Waals surface area contributed by atoms with Crippen molar-refractivity contribution < 1.29 is 9.72 Å². The fourth-order valence-corrected chi connectivity index (χ4v) is 2.94. The Morgan fingerprint density at radius 2 is 2.00 bits per heavy atom. The lowest BCUT2D eigenvalue weighted by Gasteiger charge is -2.04. The Morgan fingerprint density at radius 1 is 1.28 bits per heavy atom. The molecule has 0 fully saturated rings. The van der Waals surface area contributed by atoms with Gasteiger partial charge in [-0.25, -0.2) is 5.43 Å². The standard InChI is InChI=1S/C17H16ClN3O3S/c1-12(14-5-7-16(8-6-14)21(23)24)19-20-17(22)11-25-10-13-3-2-4-15(18)9-13/h2-9H,10-11H2,1H3,(H,20,22)/b19-12-. The number of benzene rings is 2. The molecule has 0 bridgehead atoms. The molecule has 0 aromatic heterocycles.